The molecular formula is C23H23BrN6O5. The van der Waals surface area contributed by atoms with Gasteiger partial charge in [0.15, 0.2) is 11.2 Å². The van der Waals surface area contributed by atoms with Gasteiger partial charge in [-0.1, -0.05) is 15.9 Å². The lowest BCUT2D eigenvalue weighted by molar-refractivity contribution is 0.0938. The maximum absolute atomic E-state index is 12.6. The number of imidazole rings is 1. The van der Waals surface area contributed by atoms with E-state index in [4.69, 9.17) is 9.47 Å². The lowest BCUT2D eigenvalue weighted by Crippen LogP contribution is -2.30. The topological polar surface area (TPSA) is 136 Å². The van der Waals surface area contributed by atoms with Crippen LogP contribution in [0.3, 0.4) is 0 Å². The summed E-state index contributed by atoms with van der Waals surface area (Å²) >= 11 is 3.36. The summed E-state index contributed by atoms with van der Waals surface area (Å²) in [5, 5.41) is 14.8. The largest absolute Gasteiger partial charge is 0.497 e. The molecular weight excluding hydrogens is 520 g/mol. The number of H-pyrrole nitrogens is 1. The molecule has 0 saturated heterocycles. The molecule has 0 spiro atoms. The van der Waals surface area contributed by atoms with Gasteiger partial charge in [-0.2, -0.15) is 10.1 Å². The van der Waals surface area contributed by atoms with Gasteiger partial charge in [-0.05, 0) is 54.1 Å². The first-order valence-electron chi connectivity index (χ1n) is 10.5. The minimum Gasteiger partial charge on any atom is -0.497 e. The Balaban J connectivity index is 1.59. The average Bonchev–Trinajstić information content (AvgIpc) is 3.21. The Morgan fingerprint density at radius 1 is 1.17 bits per heavy atom. The lowest BCUT2D eigenvalue weighted by atomic mass is 10.2. The van der Waals surface area contributed by atoms with Crippen molar-refractivity contribution in [3.63, 3.8) is 0 Å². The van der Waals surface area contributed by atoms with Crippen LogP contribution in [-0.4, -0.2) is 50.2 Å². The van der Waals surface area contributed by atoms with Crippen molar-refractivity contribution in [1.29, 1.82) is 0 Å². The number of hydrogen-bond donors (Lipinski definition) is 3. The first-order valence-corrected chi connectivity index (χ1v) is 11.3. The number of aliphatic hydroxyl groups excluding tert-OH is 1. The Hall–Kier alpha value is -3.90. The SMILES string of the molecule is COc1ccc(/C=N\Nc2nc3c(c(=O)[nH]c(=O)n3C)n2CC(O)COc2ccc(Br)cc2)cc1. The van der Waals surface area contributed by atoms with E-state index in [9.17, 15) is 14.7 Å². The number of hydrogen-bond acceptors (Lipinski definition) is 8. The number of aromatic amines is 1. The Kier molecular flexibility index (Phi) is 7.32. The van der Waals surface area contributed by atoms with Crippen LogP contribution in [0.15, 0.2) is 67.7 Å². The van der Waals surface area contributed by atoms with E-state index in [0.29, 0.717) is 5.75 Å². The number of hydrazone groups is 1. The predicted molar refractivity (Wildman–Crippen MR) is 135 cm³/mol. The zero-order valence-corrected chi connectivity index (χ0v) is 20.5. The van der Waals surface area contributed by atoms with Crippen LogP contribution < -0.4 is 26.1 Å². The van der Waals surface area contributed by atoms with Crippen LogP contribution in [-0.2, 0) is 13.6 Å². The molecule has 2 aromatic heterocycles. The summed E-state index contributed by atoms with van der Waals surface area (Å²) in [6, 6.07) is 14.4. The molecule has 0 radical (unpaired) electrons. The third-order valence-corrected chi connectivity index (χ3v) is 5.68. The van der Waals surface area contributed by atoms with Crippen molar-refractivity contribution < 1.29 is 14.6 Å². The second-order valence-corrected chi connectivity index (χ2v) is 8.51. The Labute approximate surface area is 207 Å². The van der Waals surface area contributed by atoms with Gasteiger partial charge in [0.2, 0.25) is 5.95 Å². The fourth-order valence-electron chi connectivity index (χ4n) is 3.34. The van der Waals surface area contributed by atoms with Crippen molar-refractivity contribution in [3.05, 3.63) is 79.4 Å². The lowest BCUT2D eigenvalue weighted by Gasteiger charge is -2.15. The van der Waals surface area contributed by atoms with Gasteiger partial charge in [0.25, 0.3) is 5.56 Å². The molecule has 0 aliphatic carbocycles. The van der Waals surface area contributed by atoms with Crippen molar-refractivity contribution in [2.75, 3.05) is 19.1 Å². The molecule has 0 saturated carbocycles. The van der Waals surface area contributed by atoms with Crippen molar-refractivity contribution in [3.8, 4) is 11.5 Å². The standard InChI is InChI=1S/C23H23BrN6O5/c1-29-20-19(21(32)27-23(29)33)30(12-16(31)13-35-18-9-5-15(24)6-10-18)22(26-20)28-25-11-14-3-7-17(34-2)8-4-14/h3-11,16,31H,12-13H2,1-2H3,(H,26,28)(H,27,32,33)/b25-11-. The molecule has 1 atom stereocenters. The molecule has 0 fully saturated rings. The molecule has 11 nitrogen and oxygen atoms in total. The van der Waals surface area contributed by atoms with E-state index in [1.54, 1.807) is 37.6 Å². The van der Waals surface area contributed by atoms with Crippen LogP contribution in [0, 0.1) is 0 Å². The number of nitrogens with one attached hydrogen (secondary N) is 2. The maximum Gasteiger partial charge on any atom is 0.329 e. The highest BCUT2D eigenvalue weighted by atomic mass is 79.9. The summed E-state index contributed by atoms with van der Waals surface area (Å²) in [4.78, 5) is 31.3. The summed E-state index contributed by atoms with van der Waals surface area (Å²) in [7, 11) is 3.08. The van der Waals surface area contributed by atoms with Crippen molar-refractivity contribution in [1.82, 2.24) is 19.1 Å². The predicted octanol–water partition coefficient (Wildman–Crippen LogP) is 2.08. The average molecular weight is 543 g/mol. The molecule has 4 rings (SSSR count). The minimum absolute atomic E-state index is 0.0282. The molecule has 0 bridgehead atoms. The van der Waals surface area contributed by atoms with Gasteiger partial charge in [0.05, 0.1) is 19.9 Å². The molecule has 1 unspecified atom stereocenters. The second-order valence-electron chi connectivity index (χ2n) is 7.60. The third-order valence-electron chi connectivity index (χ3n) is 5.15. The number of aliphatic hydroxyl groups is 1. The van der Waals surface area contributed by atoms with Gasteiger partial charge in [0, 0.05) is 11.5 Å². The van der Waals surface area contributed by atoms with Gasteiger partial charge in [-0.15, -0.1) is 0 Å². The van der Waals surface area contributed by atoms with Gasteiger partial charge >= 0.3 is 5.69 Å². The molecule has 182 valence electrons. The van der Waals surface area contributed by atoms with Crippen LogP contribution in [0.25, 0.3) is 11.2 Å². The summed E-state index contributed by atoms with van der Waals surface area (Å²) in [6.07, 6.45) is 0.582. The fraction of sp³-hybridized carbons (Fsp3) is 0.217. The Morgan fingerprint density at radius 2 is 1.86 bits per heavy atom. The van der Waals surface area contributed by atoms with Gasteiger partial charge < -0.3 is 19.1 Å². The molecule has 35 heavy (non-hydrogen) atoms. The summed E-state index contributed by atoms with van der Waals surface area (Å²) in [5.74, 6) is 1.49. The van der Waals surface area contributed by atoms with Crippen LogP contribution >= 0.6 is 15.9 Å². The van der Waals surface area contributed by atoms with Gasteiger partial charge in [-0.3, -0.25) is 14.3 Å². The molecule has 3 N–H and O–H groups in total. The van der Waals surface area contributed by atoms with Gasteiger partial charge in [0.1, 0.15) is 24.2 Å². The van der Waals surface area contributed by atoms with Crippen LogP contribution in [0.5, 0.6) is 11.5 Å². The molecule has 0 aliphatic heterocycles. The summed E-state index contributed by atoms with van der Waals surface area (Å²) < 4.78 is 14.4. The highest BCUT2D eigenvalue weighted by Crippen LogP contribution is 2.19. The number of ether oxygens (including phenoxy) is 2. The highest BCUT2D eigenvalue weighted by Gasteiger charge is 2.20. The van der Waals surface area contributed by atoms with Crippen molar-refractivity contribution in [2.45, 2.75) is 12.6 Å². The monoisotopic (exact) mass is 542 g/mol. The number of benzene rings is 2. The minimum atomic E-state index is -0.987. The van der Waals surface area contributed by atoms with E-state index in [1.807, 2.05) is 24.3 Å². The number of methoxy groups -OCH3 is 1. The quantitative estimate of drug-likeness (QED) is 0.217. The summed E-state index contributed by atoms with van der Waals surface area (Å²) in [5.41, 5.74) is 2.66. The maximum atomic E-state index is 12.6. The number of aryl methyl sites for hydroxylation is 1. The van der Waals surface area contributed by atoms with E-state index in [-0.39, 0.29) is 30.3 Å². The number of fused-ring (bicyclic) bond motifs is 1. The number of rotatable bonds is 9. The highest BCUT2D eigenvalue weighted by molar-refractivity contribution is 9.10. The smallest absolute Gasteiger partial charge is 0.329 e. The van der Waals surface area contributed by atoms with E-state index in [2.05, 4.69) is 36.4 Å². The zero-order valence-electron chi connectivity index (χ0n) is 18.9. The summed E-state index contributed by atoms with van der Waals surface area (Å²) in [6.45, 7) is -0.0613. The number of nitrogens with zero attached hydrogens (tertiary/aromatic N) is 4. The molecule has 12 heteroatoms. The van der Waals surface area contributed by atoms with Crippen LogP contribution in [0.1, 0.15) is 5.56 Å². The third kappa shape index (κ3) is 5.61. The number of aromatic nitrogens is 4. The Bertz CT molecular complexity index is 1460. The van der Waals surface area contributed by atoms with Crippen molar-refractivity contribution in [2.24, 2.45) is 12.1 Å². The molecule has 4 aromatic rings. The normalized spacial score (nSPS) is 12.2. The van der Waals surface area contributed by atoms with Crippen LogP contribution in [0.4, 0.5) is 5.95 Å². The fourth-order valence-corrected chi connectivity index (χ4v) is 3.60. The molecule has 0 aliphatic rings. The zero-order chi connectivity index (χ0) is 24.9. The second kappa shape index (κ2) is 10.6. The van der Waals surface area contributed by atoms with Crippen LogP contribution in [0.2, 0.25) is 0 Å². The first-order chi connectivity index (χ1) is 16.9. The van der Waals surface area contributed by atoms with E-state index in [1.165, 1.54) is 16.2 Å². The Morgan fingerprint density at radius 3 is 2.54 bits per heavy atom. The number of halogens is 1. The van der Waals surface area contributed by atoms with Gasteiger partial charge in [-0.25, -0.2) is 10.2 Å². The molecule has 2 aromatic carbocycles. The first kappa shape index (κ1) is 24.2. The number of anilines is 1. The molecule has 0 amide bonds. The van der Waals surface area contributed by atoms with Crippen molar-refractivity contribution >= 4 is 39.3 Å². The van der Waals surface area contributed by atoms with E-state index in [0.717, 1.165) is 15.8 Å². The van der Waals surface area contributed by atoms with E-state index >= 15 is 0 Å². The molecule has 2 heterocycles. The van der Waals surface area contributed by atoms with E-state index < -0.39 is 17.4 Å².